The Morgan fingerprint density at radius 2 is 0.714 bits per heavy atom. The van der Waals surface area contributed by atoms with Gasteiger partial charge in [-0.25, -0.2) is 0 Å². The molecule has 0 aliphatic carbocycles. The van der Waals surface area contributed by atoms with Gasteiger partial charge in [-0.15, -0.1) is 0 Å². The van der Waals surface area contributed by atoms with Crippen molar-refractivity contribution in [3.63, 3.8) is 0 Å². The van der Waals surface area contributed by atoms with Crippen LogP contribution in [0.1, 0.15) is 0 Å². The SMILES string of the molecule is OCC(CO)(CO)C(Br)(Br)OC(Br)(Br)C(CO)(CO)CO. The molecule has 0 fully saturated rings. The predicted molar refractivity (Wildman–Crippen MR) is 89.6 cm³/mol. The molecule has 0 heterocycles. The first-order chi connectivity index (χ1) is 9.57. The maximum Gasteiger partial charge on any atom is 0.192 e. The van der Waals surface area contributed by atoms with Crippen molar-refractivity contribution in [2.24, 2.45) is 10.8 Å². The van der Waals surface area contributed by atoms with Crippen LogP contribution in [0.5, 0.6) is 0 Å². The number of hydrogen-bond donors (Lipinski definition) is 6. The Bertz CT molecular complexity index is 272. The maximum atomic E-state index is 9.44. The third-order valence-corrected chi connectivity index (χ3v) is 7.32. The van der Waals surface area contributed by atoms with Gasteiger partial charge in [0.2, 0.25) is 0 Å². The largest absolute Gasteiger partial charge is 0.395 e. The Hall–Kier alpha value is 1.64. The van der Waals surface area contributed by atoms with E-state index in [4.69, 9.17) is 4.74 Å². The highest BCUT2D eigenvalue weighted by Crippen LogP contribution is 2.54. The molecule has 0 aliphatic rings. The molecule has 0 unspecified atom stereocenters. The zero-order valence-electron chi connectivity index (χ0n) is 10.8. The summed E-state index contributed by atoms with van der Waals surface area (Å²) in [6.45, 7) is -3.85. The average Bonchev–Trinajstić information content (AvgIpc) is 2.42. The van der Waals surface area contributed by atoms with Gasteiger partial charge in [0.15, 0.2) is 6.84 Å². The number of alkyl halides is 4. The number of aliphatic hydroxyl groups is 6. The average molecular weight is 570 g/mol. The van der Waals surface area contributed by atoms with Crippen LogP contribution < -0.4 is 0 Å². The Kier molecular flexibility index (Phi) is 9.33. The summed E-state index contributed by atoms with van der Waals surface area (Å²) in [5.74, 6) is 0. The second-order valence-corrected chi connectivity index (χ2v) is 11.2. The Labute approximate surface area is 155 Å². The molecule has 0 saturated heterocycles. The molecule has 0 spiro atoms. The highest BCUT2D eigenvalue weighted by Gasteiger charge is 2.58. The first kappa shape index (κ1) is 22.6. The lowest BCUT2D eigenvalue weighted by molar-refractivity contribution is -0.144. The van der Waals surface area contributed by atoms with Crippen LogP contribution in [0.2, 0.25) is 0 Å². The van der Waals surface area contributed by atoms with Crippen LogP contribution in [0.25, 0.3) is 0 Å². The molecule has 128 valence electrons. The van der Waals surface area contributed by atoms with E-state index in [1.54, 1.807) is 0 Å². The molecule has 0 aromatic heterocycles. The topological polar surface area (TPSA) is 131 Å². The Morgan fingerprint density at radius 1 is 0.524 bits per heavy atom. The zero-order chi connectivity index (χ0) is 16.9. The third-order valence-electron chi connectivity index (χ3n) is 3.31. The fraction of sp³-hybridized carbons (Fsp3) is 1.00. The lowest BCUT2D eigenvalue weighted by Crippen LogP contribution is -2.57. The van der Waals surface area contributed by atoms with Crippen molar-refractivity contribution in [1.29, 1.82) is 0 Å². The monoisotopic (exact) mass is 566 g/mol. The van der Waals surface area contributed by atoms with Gasteiger partial charge in [-0.1, -0.05) is 0 Å². The molecule has 0 aliphatic heterocycles. The zero-order valence-corrected chi connectivity index (χ0v) is 17.2. The van der Waals surface area contributed by atoms with Crippen LogP contribution in [0.4, 0.5) is 0 Å². The van der Waals surface area contributed by atoms with Gasteiger partial charge in [0, 0.05) is 0 Å². The van der Waals surface area contributed by atoms with Gasteiger partial charge in [0.1, 0.15) is 0 Å². The third kappa shape index (κ3) is 4.38. The van der Waals surface area contributed by atoms with Crippen molar-refractivity contribution in [2.45, 2.75) is 6.84 Å². The number of halogens is 4. The normalized spacial score (nSPS) is 14.6. The molecule has 0 bridgehead atoms. The van der Waals surface area contributed by atoms with Gasteiger partial charge in [0.05, 0.1) is 50.5 Å². The predicted octanol–water partition coefficient (Wildman–Crippen LogP) is -0.183. The standard InChI is InChI=1S/C10H18Br4O7/c11-9(12,7(1-15,2-16)3-17)21-10(13,14)8(4-18,5-19)6-20/h15-20H,1-6H2. The van der Waals surface area contributed by atoms with Gasteiger partial charge in [-0.05, 0) is 63.7 Å². The van der Waals surface area contributed by atoms with E-state index in [0.717, 1.165) is 0 Å². The lowest BCUT2D eigenvalue weighted by atomic mass is 9.90. The van der Waals surface area contributed by atoms with E-state index < -0.39 is 57.3 Å². The second kappa shape index (κ2) is 8.65. The summed E-state index contributed by atoms with van der Waals surface area (Å²) >= 11 is 12.4. The van der Waals surface area contributed by atoms with Gasteiger partial charge in [-0.2, -0.15) is 0 Å². The van der Waals surface area contributed by atoms with Crippen molar-refractivity contribution < 1.29 is 35.4 Å². The van der Waals surface area contributed by atoms with Crippen LogP contribution in [-0.4, -0.2) is 77.1 Å². The number of hydrogen-bond acceptors (Lipinski definition) is 7. The number of rotatable bonds is 10. The molecule has 0 saturated carbocycles. The summed E-state index contributed by atoms with van der Waals surface area (Å²) in [6.07, 6.45) is 0. The molecule has 0 amide bonds. The minimum absolute atomic E-state index is 0.642. The van der Waals surface area contributed by atoms with Crippen LogP contribution in [0.3, 0.4) is 0 Å². The fourth-order valence-electron chi connectivity index (χ4n) is 1.23. The van der Waals surface area contributed by atoms with E-state index in [0.29, 0.717) is 0 Å². The summed E-state index contributed by atoms with van der Waals surface area (Å²) in [5.41, 5.74) is -3.07. The molecule has 11 heteroatoms. The molecule has 6 N–H and O–H groups in total. The van der Waals surface area contributed by atoms with E-state index in [1.165, 1.54) is 0 Å². The van der Waals surface area contributed by atoms with E-state index in [-0.39, 0.29) is 0 Å². The molecule has 7 nitrogen and oxygen atoms in total. The molecule has 0 aromatic carbocycles. The Morgan fingerprint density at radius 3 is 0.857 bits per heavy atom. The van der Waals surface area contributed by atoms with Crippen molar-refractivity contribution in [1.82, 2.24) is 0 Å². The van der Waals surface area contributed by atoms with E-state index >= 15 is 0 Å². The summed E-state index contributed by atoms with van der Waals surface area (Å²) in [6, 6.07) is 0. The first-order valence-corrected chi connectivity index (χ1v) is 8.85. The molecular formula is C10H18Br4O7. The minimum atomic E-state index is -1.65. The summed E-state index contributed by atoms with van der Waals surface area (Å²) < 4.78 is 2.31. The molecule has 0 radical (unpaired) electrons. The highest BCUT2D eigenvalue weighted by atomic mass is 79.9. The smallest absolute Gasteiger partial charge is 0.192 e. The molecule has 0 atom stereocenters. The summed E-state index contributed by atoms with van der Waals surface area (Å²) in [4.78, 5) is 0. The van der Waals surface area contributed by atoms with E-state index in [9.17, 15) is 30.6 Å². The lowest BCUT2D eigenvalue weighted by Gasteiger charge is -2.47. The highest BCUT2D eigenvalue weighted by molar-refractivity contribution is 9.26. The van der Waals surface area contributed by atoms with Gasteiger partial charge < -0.3 is 35.4 Å². The van der Waals surface area contributed by atoms with Crippen molar-refractivity contribution in [3.05, 3.63) is 0 Å². The molecular weight excluding hydrogens is 552 g/mol. The van der Waals surface area contributed by atoms with Crippen molar-refractivity contribution in [2.75, 3.05) is 39.6 Å². The summed E-state index contributed by atoms with van der Waals surface area (Å²) in [7, 11) is 0. The van der Waals surface area contributed by atoms with E-state index in [2.05, 4.69) is 63.7 Å². The van der Waals surface area contributed by atoms with Crippen LogP contribution >= 0.6 is 63.7 Å². The van der Waals surface area contributed by atoms with Crippen LogP contribution in [0.15, 0.2) is 0 Å². The fourth-order valence-corrected chi connectivity index (χ4v) is 4.57. The van der Waals surface area contributed by atoms with E-state index in [1.807, 2.05) is 0 Å². The minimum Gasteiger partial charge on any atom is -0.395 e. The molecule has 21 heavy (non-hydrogen) atoms. The molecule has 0 aromatic rings. The van der Waals surface area contributed by atoms with Crippen molar-refractivity contribution >= 4 is 63.7 Å². The number of aliphatic hydroxyl groups excluding tert-OH is 6. The second-order valence-electron chi connectivity index (χ2n) is 4.64. The number of ether oxygens (including phenoxy) is 1. The van der Waals surface area contributed by atoms with Crippen LogP contribution in [-0.2, 0) is 4.74 Å². The Balaban J connectivity index is 5.59. The van der Waals surface area contributed by atoms with Gasteiger partial charge in [-0.3, -0.25) is 0 Å². The molecule has 0 rings (SSSR count). The maximum absolute atomic E-state index is 9.44. The van der Waals surface area contributed by atoms with Gasteiger partial charge in [0.25, 0.3) is 0 Å². The summed E-state index contributed by atoms with van der Waals surface area (Å²) in [5, 5.41) is 56.7. The van der Waals surface area contributed by atoms with Crippen LogP contribution in [0, 0.1) is 10.8 Å². The quantitative estimate of drug-likeness (QED) is 0.201. The van der Waals surface area contributed by atoms with Gasteiger partial charge >= 0.3 is 0 Å². The van der Waals surface area contributed by atoms with Crippen molar-refractivity contribution in [3.8, 4) is 0 Å². The first-order valence-electron chi connectivity index (χ1n) is 5.68.